The molecule has 1 unspecified atom stereocenters. The summed E-state index contributed by atoms with van der Waals surface area (Å²) in [6.07, 6.45) is -0.0870. The van der Waals surface area contributed by atoms with Crippen LogP contribution in [-0.4, -0.2) is 49.7 Å². The van der Waals surface area contributed by atoms with Crippen molar-refractivity contribution in [3.05, 3.63) is 34.6 Å². The minimum Gasteiger partial charge on any atom is -0.374 e. The number of ether oxygens (including phenoxy) is 1. The van der Waals surface area contributed by atoms with Crippen molar-refractivity contribution in [2.75, 3.05) is 32.8 Å². The minimum absolute atomic E-state index is 0.0254. The lowest BCUT2D eigenvalue weighted by atomic mass is 10.1. The van der Waals surface area contributed by atoms with Gasteiger partial charge >= 0.3 is 0 Å². The maximum atomic E-state index is 13.7. The predicted molar refractivity (Wildman–Crippen MR) is 89.1 cm³/mol. The Labute approximate surface area is 141 Å². The van der Waals surface area contributed by atoms with Gasteiger partial charge in [-0.3, -0.25) is 9.69 Å². The van der Waals surface area contributed by atoms with E-state index in [2.05, 4.69) is 24.1 Å². The van der Waals surface area contributed by atoms with Gasteiger partial charge in [0.25, 0.3) is 0 Å². The molecular weight excluding hydrogens is 319 g/mol. The number of morpholine rings is 1. The highest BCUT2D eigenvalue weighted by Gasteiger charge is 2.21. The van der Waals surface area contributed by atoms with E-state index in [4.69, 9.17) is 16.3 Å². The topological polar surface area (TPSA) is 41.6 Å². The van der Waals surface area contributed by atoms with Crippen LogP contribution in [0.3, 0.4) is 0 Å². The maximum Gasteiger partial charge on any atom is 0.224 e. The van der Waals surface area contributed by atoms with Crippen LogP contribution >= 0.6 is 11.6 Å². The molecule has 0 aliphatic carbocycles. The van der Waals surface area contributed by atoms with Crippen molar-refractivity contribution in [2.24, 2.45) is 5.92 Å². The van der Waals surface area contributed by atoms with Gasteiger partial charge < -0.3 is 10.1 Å². The molecule has 1 atom stereocenters. The number of amides is 1. The van der Waals surface area contributed by atoms with Gasteiger partial charge in [-0.05, 0) is 18.1 Å². The van der Waals surface area contributed by atoms with Gasteiger partial charge in [0, 0.05) is 36.8 Å². The van der Waals surface area contributed by atoms with Crippen molar-refractivity contribution in [2.45, 2.75) is 26.4 Å². The molecule has 1 N–H and O–H groups in total. The molecule has 1 saturated heterocycles. The number of hydrogen-bond donors (Lipinski definition) is 1. The first-order valence-electron chi connectivity index (χ1n) is 7.99. The van der Waals surface area contributed by atoms with E-state index in [0.29, 0.717) is 19.1 Å². The van der Waals surface area contributed by atoms with Crippen LogP contribution in [0.2, 0.25) is 5.02 Å². The first kappa shape index (κ1) is 18.2. The van der Waals surface area contributed by atoms with Crippen molar-refractivity contribution in [3.63, 3.8) is 0 Å². The summed E-state index contributed by atoms with van der Waals surface area (Å²) >= 11 is 5.94. The molecule has 2 rings (SSSR count). The summed E-state index contributed by atoms with van der Waals surface area (Å²) in [5.74, 6) is -0.0993. The molecule has 6 heteroatoms. The summed E-state index contributed by atoms with van der Waals surface area (Å²) in [4.78, 5) is 14.4. The monoisotopic (exact) mass is 342 g/mol. The molecule has 1 aromatic rings. The highest BCUT2D eigenvalue weighted by atomic mass is 35.5. The Kier molecular flexibility index (Phi) is 6.81. The van der Waals surface area contributed by atoms with E-state index in [1.165, 1.54) is 12.1 Å². The Hall–Kier alpha value is -1.17. The molecule has 0 saturated carbocycles. The average Bonchev–Trinajstić information content (AvgIpc) is 2.49. The third-order valence-corrected chi connectivity index (χ3v) is 4.13. The van der Waals surface area contributed by atoms with Crippen LogP contribution in [-0.2, 0) is 16.0 Å². The zero-order valence-electron chi connectivity index (χ0n) is 13.6. The SMILES string of the molecule is CC(C)CN1CCOC(CNC(=O)Cc2c(F)cccc2Cl)C1. The summed E-state index contributed by atoms with van der Waals surface area (Å²) in [6, 6.07) is 4.42. The number of nitrogens with zero attached hydrogens (tertiary/aromatic N) is 1. The number of rotatable bonds is 6. The van der Waals surface area contributed by atoms with Crippen LogP contribution < -0.4 is 5.32 Å². The molecule has 128 valence electrons. The van der Waals surface area contributed by atoms with E-state index in [9.17, 15) is 9.18 Å². The van der Waals surface area contributed by atoms with Gasteiger partial charge in [0.1, 0.15) is 5.82 Å². The van der Waals surface area contributed by atoms with Gasteiger partial charge in [0.2, 0.25) is 5.91 Å². The Morgan fingerprint density at radius 2 is 2.30 bits per heavy atom. The second-order valence-electron chi connectivity index (χ2n) is 6.33. The largest absolute Gasteiger partial charge is 0.374 e. The van der Waals surface area contributed by atoms with E-state index in [0.717, 1.165) is 19.6 Å². The van der Waals surface area contributed by atoms with Crippen molar-refractivity contribution in [1.82, 2.24) is 10.2 Å². The molecule has 1 aliphatic heterocycles. The highest BCUT2D eigenvalue weighted by Crippen LogP contribution is 2.19. The number of halogens is 2. The van der Waals surface area contributed by atoms with Crippen LogP contribution in [0.4, 0.5) is 4.39 Å². The fraction of sp³-hybridized carbons (Fsp3) is 0.588. The summed E-state index contributed by atoms with van der Waals surface area (Å²) in [5, 5.41) is 3.09. The fourth-order valence-electron chi connectivity index (χ4n) is 2.74. The number of hydrogen-bond acceptors (Lipinski definition) is 3. The molecule has 0 bridgehead atoms. The summed E-state index contributed by atoms with van der Waals surface area (Å²) in [6.45, 7) is 8.23. The minimum atomic E-state index is -0.454. The lowest BCUT2D eigenvalue weighted by Gasteiger charge is -2.33. The molecule has 1 heterocycles. The van der Waals surface area contributed by atoms with Crippen LogP contribution in [0.25, 0.3) is 0 Å². The van der Waals surface area contributed by atoms with E-state index in [1.807, 2.05) is 0 Å². The maximum absolute atomic E-state index is 13.7. The molecule has 23 heavy (non-hydrogen) atoms. The summed E-state index contributed by atoms with van der Waals surface area (Å²) in [7, 11) is 0. The lowest BCUT2D eigenvalue weighted by Crippen LogP contribution is -2.48. The third kappa shape index (κ3) is 5.75. The van der Waals surface area contributed by atoms with Crippen LogP contribution in [0, 0.1) is 11.7 Å². The first-order chi connectivity index (χ1) is 11.0. The molecular formula is C17H24ClFN2O2. The molecule has 1 amide bonds. The lowest BCUT2D eigenvalue weighted by molar-refractivity contribution is -0.121. The van der Waals surface area contributed by atoms with Crippen LogP contribution in [0.5, 0.6) is 0 Å². The van der Waals surface area contributed by atoms with Gasteiger partial charge in [-0.2, -0.15) is 0 Å². The molecule has 1 aromatic carbocycles. The molecule has 4 nitrogen and oxygen atoms in total. The van der Waals surface area contributed by atoms with E-state index < -0.39 is 5.82 Å². The van der Waals surface area contributed by atoms with Gasteiger partial charge in [-0.1, -0.05) is 31.5 Å². The number of carbonyl (C=O) groups is 1. The number of carbonyl (C=O) groups excluding carboxylic acids is 1. The Morgan fingerprint density at radius 3 is 3.00 bits per heavy atom. The van der Waals surface area contributed by atoms with Crippen molar-refractivity contribution in [1.29, 1.82) is 0 Å². The third-order valence-electron chi connectivity index (χ3n) is 3.77. The Balaban J connectivity index is 1.80. The summed E-state index contributed by atoms with van der Waals surface area (Å²) < 4.78 is 19.4. The van der Waals surface area contributed by atoms with Crippen molar-refractivity contribution >= 4 is 17.5 Å². The quantitative estimate of drug-likeness (QED) is 0.863. The fourth-order valence-corrected chi connectivity index (χ4v) is 2.97. The number of nitrogens with one attached hydrogen (secondary N) is 1. The van der Waals surface area contributed by atoms with Gasteiger partial charge in [-0.25, -0.2) is 4.39 Å². The molecule has 0 aromatic heterocycles. The molecule has 0 radical (unpaired) electrons. The van der Waals surface area contributed by atoms with Gasteiger partial charge in [0.05, 0.1) is 19.1 Å². The second-order valence-corrected chi connectivity index (χ2v) is 6.73. The van der Waals surface area contributed by atoms with Crippen molar-refractivity contribution in [3.8, 4) is 0 Å². The standard InChI is InChI=1S/C17H24ClFN2O2/c1-12(2)10-21-6-7-23-13(11-21)9-20-17(22)8-14-15(18)4-3-5-16(14)19/h3-5,12-13H,6-11H2,1-2H3,(H,20,22). The Bertz CT molecular complexity index is 519. The molecule has 1 aliphatic rings. The van der Waals surface area contributed by atoms with Crippen LogP contribution in [0.1, 0.15) is 19.4 Å². The first-order valence-corrected chi connectivity index (χ1v) is 8.37. The highest BCUT2D eigenvalue weighted by molar-refractivity contribution is 6.31. The van der Waals surface area contributed by atoms with Crippen LogP contribution in [0.15, 0.2) is 18.2 Å². The van der Waals surface area contributed by atoms with Crippen molar-refractivity contribution < 1.29 is 13.9 Å². The molecule has 0 spiro atoms. The second kappa shape index (κ2) is 8.62. The van der Waals surface area contributed by atoms with Gasteiger partial charge in [0.15, 0.2) is 0 Å². The zero-order chi connectivity index (χ0) is 16.8. The average molecular weight is 343 g/mol. The predicted octanol–water partition coefficient (Wildman–Crippen LogP) is 2.49. The molecule has 1 fully saturated rings. The smallest absolute Gasteiger partial charge is 0.224 e. The zero-order valence-corrected chi connectivity index (χ0v) is 14.4. The van der Waals surface area contributed by atoms with Gasteiger partial charge in [-0.15, -0.1) is 0 Å². The van der Waals surface area contributed by atoms with E-state index >= 15 is 0 Å². The van der Waals surface area contributed by atoms with E-state index in [-0.39, 0.29) is 29.0 Å². The summed E-state index contributed by atoms with van der Waals surface area (Å²) in [5.41, 5.74) is 0.234. The Morgan fingerprint density at radius 1 is 1.52 bits per heavy atom. The number of benzene rings is 1. The van der Waals surface area contributed by atoms with E-state index in [1.54, 1.807) is 6.07 Å². The normalized spacial score (nSPS) is 19.1.